The van der Waals surface area contributed by atoms with Crippen molar-refractivity contribution in [2.24, 2.45) is 0 Å². The zero-order valence-electron chi connectivity index (χ0n) is 13.1. The number of benzene rings is 1. The van der Waals surface area contributed by atoms with Gasteiger partial charge in [0.15, 0.2) is 0 Å². The fraction of sp³-hybridized carbons (Fsp3) is 0.167. The number of hydrogen-bond donors (Lipinski definition) is 1. The Morgan fingerprint density at radius 1 is 1.00 bits per heavy atom. The van der Waals surface area contributed by atoms with Crippen molar-refractivity contribution in [1.29, 1.82) is 0 Å². The fourth-order valence-corrected chi connectivity index (χ4v) is 2.46. The second kappa shape index (κ2) is 6.04. The minimum Gasteiger partial charge on any atom is -0.382 e. The smallest absolute Gasteiger partial charge is 0.250 e. The molecular weight excluding hydrogens is 288 g/mol. The van der Waals surface area contributed by atoms with Crippen LogP contribution in [0.5, 0.6) is 0 Å². The van der Waals surface area contributed by atoms with Crippen LogP contribution in [-0.2, 0) is 0 Å². The summed E-state index contributed by atoms with van der Waals surface area (Å²) in [5, 5.41) is 0. The number of rotatable bonds is 3. The quantitative estimate of drug-likeness (QED) is 0.806. The van der Waals surface area contributed by atoms with Crippen molar-refractivity contribution in [3.63, 3.8) is 0 Å². The van der Waals surface area contributed by atoms with Crippen molar-refractivity contribution in [3.8, 4) is 22.5 Å². The summed E-state index contributed by atoms with van der Waals surface area (Å²) in [5.74, 6) is 0.366. The van der Waals surface area contributed by atoms with Gasteiger partial charge in [-0.05, 0) is 19.9 Å². The molecule has 2 aromatic heterocycles. The monoisotopic (exact) mass is 306 g/mol. The van der Waals surface area contributed by atoms with Gasteiger partial charge >= 0.3 is 0 Å². The molecule has 2 heterocycles. The maximum absolute atomic E-state index is 12.0. The van der Waals surface area contributed by atoms with Gasteiger partial charge in [0, 0.05) is 29.4 Å². The molecule has 0 aliphatic carbocycles. The minimum absolute atomic E-state index is 0.0339. The third-order valence-electron chi connectivity index (χ3n) is 3.61. The van der Waals surface area contributed by atoms with E-state index in [0.717, 1.165) is 11.1 Å². The van der Waals surface area contributed by atoms with Crippen LogP contribution in [0.1, 0.15) is 19.9 Å². The highest BCUT2D eigenvalue weighted by molar-refractivity contribution is 5.78. The zero-order valence-corrected chi connectivity index (χ0v) is 13.1. The van der Waals surface area contributed by atoms with Crippen molar-refractivity contribution in [1.82, 2.24) is 14.5 Å². The molecule has 2 N–H and O–H groups in total. The van der Waals surface area contributed by atoms with Gasteiger partial charge in [-0.1, -0.05) is 30.3 Å². The Labute approximate surface area is 134 Å². The lowest BCUT2D eigenvalue weighted by Crippen LogP contribution is -2.20. The summed E-state index contributed by atoms with van der Waals surface area (Å²) in [6, 6.07) is 13.2. The number of aromatic nitrogens is 3. The van der Waals surface area contributed by atoms with Gasteiger partial charge in [-0.2, -0.15) is 0 Å². The van der Waals surface area contributed by atoms with Gasteiger partial charge in [0.05, 0.1) is 17.6 Å². The van der Waals surface area contributed by atoms with Crippen LogP contribution < -0.4 is 11.3 Å². The van der Waals surface area contributed by atoms with E-state index >= 15 is 0 Å². The van der Waals surface area contributed by atoms with E-state index in [9.17, 15) is 4.79 Å². The lowest BCUT2D eigenvalue weighted by molar-refractivity contribution is 0.579. The van der Waals surface area contributed by atoms with Crippen LogP contribution in [0.4, 0.5) is 5.82 Å². The van der Waals surface area contributed by atoms with Crippen molar-refractivity contribution in [2.75, 3.05) is 5.73 Å². The third-order valence-corrected chi connectivity index (χ3v) is 3.61. The average molecular weight is 306 g/mol. The largest absolute Gasteiger partial charge is 0.382 e. The van der Waals surface area contributed by atoms with Crippen LogP contribution in [0.25, 0.3) is 22.5 Å². The van der Waals surface area contributed by atoms with Crippen LogP contribution in [-0.4, -0.2) is 14.5 Å². The van der Waals surface area contributed by atoms with E-state index in [1.54, 1.807) is 16.7 Å². The van der Waals surface area contributed by atoms with E-state index in [1.807, 2.05) is 50.4 Å². The molecule has 0 unspecified atom stereocenters. The summed E-state index contributed by atoms with van der Waals surface area (Å²) >= 11 is 0. The standard InChI is InChI=1S/C18H18N4O/c1-12(2)22-11-14(8-9-16(22)23)17-18(21-15(19)10-20-17)13-6-4-3-5-7-13/h3-12H,1-2H3,(H2,19,21). The second-order valence-corrected chi connectivity index (χ2v) is 5.62. The Balaban J connectivity index is 2.22. The van der Waals surface area contributed by atoms with E-state index < -0.39 is 0 Å². The van der Waals surface area contributed by atoms with Crippen molar-refractivity contribution < 1.29 is 0 Å². The van der Waals surface area contributed by atoms with Crippen molar-refractivity contribution in [3.05, 3.63) is 65.2 Å². The molecular formula is C18H18N4O. The molecule has 0 aliphatic rings. The van der Waals surface area contributed by atoms with Gasteiger partial charge in [0.25, 0.3) is 5.56 Å². The summed E-state index contributed by atoms with van der Waals surface area (Å²) in [5.41, 5.74) is 8.97. The summed E-state index contributed by atoms with van der Waals surface area (Å²) in [6.07, 6.45) is 3.35. The van der Waals surface area contributed by atoms with Crippen LogP contribution in [0, 0.1) is 0 Å². The first-order valence-corrected chi connectivity index (χ1v) is 7.47. The Kier molecular flexibility index (Phi) is 3.93. The molecule has 3 aromatic rings. The van der Waals surface area contributed by atoms with E-state index in [-0.39, 0.29) is 11.6 Å². The third kappa shape index (κ3) is 2.99. The topological polar surface area (TPSA) is 73.8 Å². The number of nitrogens with zero attached hydrogens (tertiary/aromatic N) is 3. The first-order chi connectivity index (χ1) is 11.1. The SMILES string of the molecule is CC(C)n1cc(-c2ncc(N)nc2-c2ccccc2)ccc1=O. The lowest BCUT2D eigenvalue weighted by atomic mass is 10.1. The number of anilines is 1. The van der Waals surface area contributed by atoms with Gasteiger partial charge in [-0.25, -0.2) is 4.98 Å². The minimum atomic E-state index is -0.0339. The van der Waals surface area contributed by atoms with Crippen molar-refractivity contribution >= 4 is 5.82 Å². The van der Waals surface area contributed by atoms with Crippen LogP contribution >= 0.6 is 0 Å². The normalized spacial score (nSPS) is 10.9. The van der Waals surface area contributed by atoms with Crippen LogP contribution in [0.15, 0.2) is 59.7 Å². The lowest BCUT2D eigenvalue weighted by Gasteiger charge is -2.13. The van der Waals surface area contributed by atoms with Crippen molar-refractivity contribution in [2.45, 2.75) is 19.9 Å². The molecule has 0 radical (unpaired) electrons. The van der Waals surface area contributed by atoms with Gasteiger partial charge in [0.1, 0.15) is 5.82 Å². The molecule has 0 atom stereocenters. The number of nitrogens with two attached hydrogens (primary N) is 1. The van der Waals surface area contributed by atoms with Gasteiger partial charge in [-0.3, -0.25) is 9.78 Å². The maximum Gasteiger partial charge on any atom is 0.250 e. The van der Waals surface area contributed by atoms with Crippen LogP contribution in [0.3, 0.4) is 0 Å². The summed E-state index contributed by atoms with van der Waals surface area (Å²) in [4.78, 5) is 20.9. The Morgan fingerprint density at radius 2 is 1.74 bits per heavy atom. The summed E-state index contributed by atoms with van der Waals surface area (Å²) in [6.45, 7) is 3.94. The molecule has 1 aromatic carbocycles. The highest BCUT2D eigenvalue weighted by Crippen LogP contribution is 2.28. The highest BCUT2D eigenvalue weighted by Gasteiger charge is 2.13. The predicted molar refractivity (Wildman–Crippen MR) is 92.0 cm³/mol. The van der Waals surface area contributed by atoms with Crippen LogP contribution in [0.2, 0.25) is 0 Å². The highest BCUT2D eigenvalue weighted by atomic mass is 16.1. The molecule has 0 spiro atoms. The average Bonchev–Trinajstić information content (AvgIpc) is 2.56. The number of hydrogen-bond acceptors (Lipinski definition) is 4. The predicted octanol–water partition coefficient (Wildman–Crippen LogP) is 3.14. The Morgan fingerprint density at radius 3 is 2.43 bits per heavy atom. The molecule has 5 heteroatoms. The molecule has 0 aliphatic heterocycles. The fourth-order valence-electron chi connectivity index (χ4n) is 2.46. The van der Waals surface area contributed by atoms with Gasteiger partial charge < -0.3 is 10.3 Å². The Bertz CT molecular complexity index is 885. The molecule has 0 saturated carbocycles. The molecule has 23 heavy (non-hydrogen) atoms. The second-order valence-electron chi connectivity index (χ2n) is 5.62. The van der Waals surface area contributed by atoms with E-state index in [0.29, 0.717) is 17.2 Å². The molecule has 0 fully saturated rings. The first-order valence-electron chi connectivity index (χ1n) is 7.47. The first kappa shape index (κ1) is 15.0. The molecule has 0 bridgehead atoms. The van der Waals surface area contributed by atoms with Gasteiger partial charge in [0.2, 0.25) is 0 Å². The number of nitrogen functional groups attached to an aromatic ring is 1. The zero-order chi connectivity index (χ0) is 16.4. The van der Waals surface area contributed by atoms with Gasteiger partial charge in [-0.15, -0.1) is 0 Å². The van der Waals surface area contributed by atoms with E-state index in [1.165, 1.54) is 6.20 Å². The maximum atomic E-state index is 12.0. The summed E-state index contributed by atoms with van der Waals surface area (Å²) < 4.78 is 1.68. The molecule has 0 amide bonds. The summed E-state index contributed by atoms with van der Waals surface area (Å²) in [7, 11) is 0. The molecule has 3 rings (SSSR count). The molecule has 0 saturated heterocycles. The Hall–Kier alpha value is -2.95. The number of pyridine rings is 1. The molecule has 5 nitrogen and oxygen atoms in total. The van der Waals surface area contributed by atoms with E-state index in [2.05, 4.69) is 9.97 Å². The molecule has 116 valence electrons. The van der Waals surface area contributed by atoms with E-state index in [4.69, 9.17) is 5.73 Å².